The molecule has 0 saturated heterocycles. The number of hydrogen-bond acceptors (Lipinski definition) is 5. The molecule has 86 valence electrons. The third kappa shape index (κ3) is 2.49. The molecular weight excluding hydrogens is 224 g/mol. The number of rotatable bonds is 3. The van der Waals surface area contributed by atoms with Crippen LogP contribution >= 0.6 is 0 Å². The van der Waals surface area contributed by atoms with E-state index in [4.69, 9.17) is 0 Å². The van der Waals surface area contributed by atoms with Gasteiger partial charge in [-0.15, -0.1) is 0 Å². The maximum absolute atomic E-state index is 11.1. The minimum absolute atomic E-state index is 0.0158. The van der Waals surface area contributed by atoms with Crippen LogP contribution in [0, 0.1) is 10.1 Å². The van der Waals surface area contributed by atoms with Crippen LogP contribution in [0.3, 0.4) is 0 Å². The Morgan fingerprint density at radius 1 is 1.41 bits per heavy atom. The number of ether oxygens (including phenoxy) is 1. The number of cyclic esters (lactones) is 1. The van der Waals surface area contributed by atoms with E-state index in [0.717, 1.165) is 0 Å². The van der Waals surface area contributed by atoms with Crippen molar-refractivity contribution in [2.24, 2.45) is 0 Å². The highest BCUT2D eigenvalue weighted by molar-refractivity contribution is 5.94. The van der Waals surface area contributed by atoms with Crippen LogP contribution < -0.4 is 5.32 Å². The maximum atomic E-state index is 11.1. The average Bonchev–Trinajstić information content (AvgIpc) is 2.72. The van der Waals surface area contributed by atoms with Gasteiger partial charge in [0, 0.05) is 24.0 Å². The SMILES string of the molecule is O=C1OC=CC1=CNc1cccc([N+](=O)[O-])c1. The molecule has 0 bridgehead atoms. The zero-order valence-electron chi connectivity index (χ0n) is 8.62. The number of non-ortho nitro benzene ring substituents is 1. The summed E-state index contributed by atoms with van der Waals surface area (Å²) < 4.78 is 4.58. The van der Waals surface area contributed by atoms with Crippen molar-refractivity contribution in [1.82, 2.24) is 0 Å². The van der Waals surface area contributed by atoms with Crippen molar-refractivity contribution < 1.29 is 14.5 Å². The molecule has 0 amide bonds. The number of nitrogens with one attached hydrogen (secondary N) is 1. The number of nitrogens with zero attached hydrogens (tertiary/aromatic N) is 1. The Balaban J connectivity index is 2.14. The summed E-state index contributed by atoms with van der Waals surface area (Å²) in [5.41, 5.74) is 0.870. The number of carbonyl (C=O) groups excluding carboxylic acids is 1. The average molecular weight is 232 g/mol. The smallest absolute Gasteiger partial charge is 0.344 e. The molecule has 0 spiro atoms. The number of benzene rings is 1. The fourth-order valence-electron chi connectivity index (χ4n) is 1.28. The van der Waals surface area contributed by atoms with E-state index < -0.39 is 10.9 Å². The van der Waals surface area contributed by atoms with Crippen molar-refractivity contribution in [3.05, 3.63) is 58.5 Å². The number of carbonyl (C=O) groups is 1. The van der Waals surface area contributed by atoms with E-state index >= 15 is 0 Å². The first-order valence-corrected chi connectivity index (χ1v) is 4.75. The van der Waals surface area contributed by atoms with Gasteiger partial charge in [-0.1, -0.05) is 6.07 Å². The largest absolute Gasteiger partial charge is 0.431 e. The summed E-state index contributed by atoms with van der Waals surface area (Å²) in [7, 11) is 0. The van der Waals surface area contributed by atoms with E-state index in [0.29, 0.717) is 11.3 Å². The van der Waals surface area contributed by atoms with E-state index in [1.807, 2.05) is 0 Å². The molecule has 17 heavy (non-hydrogen) atoms. The highest BCUT2D eigenvalue weighted by Crippen LogP contribution is 2.18. The highest BCUT2D eigenvalue weighted by atomic mass is 16.6. The second-order valence-electron chi connectivity index (χ2n) is 3.26. The number of nitro groups is 1. The first-order chi connectivity index (χ1) is 8.16. The molecule has 0 aliphatic carbocycles. The van der Waals surface area contributed by atoms with Crippen molar-refractivity contribution in [1.29, 1.82) is 0 Å². The van der Waals surface area contributed by atoms with Gasteiger partial charge in [0.15, 0.2) is 0 Å². The molecule has 6 heteroatoms. The van der Waals surface area contributed by atoms with Gasteiger partial charge in [0.05, 0.1) is 16.8 Å². The molecule has 1 N–H and O–H groups in total. The number of esters is 1. The van der Waals surface area contributed by atoms with E-state index in [2.05, 4.69) is 10.1 Å². The number of nitro benzene ring substituents is 1. The van der Waals surface area contributed by atoms with Crippen molar-refractivity contribution in [2.45, 2.75) is 0 Å². The lowest BCUT2D eigenvalue weighted by Gasteiger charge is -2.00. The Morgan fingerprint density at radius 3 is 2.88 bits per heavy atom. The standard InChI is InChI=1S/C11H8N2O4/c14-11-8(4-5-17-11)7-12-9-2-1-3-10(6-9)13(15)16/h1-7,12H. The molecule has 6 nitrogen and oxygen atoms in total. The minimum atomic E-state index is -0.484. The molecule has 0 unspecified atom stereocenters. The zero-order chi connectivity index (χ0) is 12.3. The number of anilines is 1. The monoisotopic (exact) mass is 232 g/mol. The Kier molecular flexibility index (Phi) is 2.87. The van der Waals surface area contributed by atoms with Crippen LogP contribution in [0.15, 0.2) is 48.4 Å². The van der Waals surface area contributed by atoms with Crippen molar-refractivity contribution in [3.63, 3.8) is 0 Å². The molecule has 1 aromatic rings. The summed E-state index contributed by atoms with van der Waals surface area (Å²) in [4.78, 5) is 21.1. The van der Waals surface area contributed by atoms with Crippen molar-refractivity contribution >= 4 is 17.3 Å². The predicted octanol–water partition coefficient (Wildman–Crippen LogP) is 1.96. The normalized spacial score (nSPS) is 16.0. The lowest BCUT2D eigenvalue weighted by atomic mass is 10.2. The van der Waals surface area contributed by atoms with Crippen molar-refractivity contribution in [2.75, 3.05) is 5.32 Å². The fourth-order valence-corrected chi connectivity index (χ4v) is 1.28. The Morgan fingerprint density at radius 2 is 2.24 bits per heavy atom. The molecule has 0 atom stereocenters. The zero-order valence-corrected chi connectivity index (χ0v) is 8.62. The van der Waals surface area contributed by atoms with E-state index in [1.54, 1.807) is 12.1 Å². The maximum Gasteiger partial charge on any atom is 0.344 e. The van der Waals surface area contributed by atoms with Gasteiger partial charge < -0.3 is 10.1 Å². The van der Waals surface area contributed by atoms with Gasteiger partial charge in [-0.25, -0.2) is 4.79 Å². The van der Waals surface area contributed by atoms with Crippen LogP contribution in [0.4, 0.5) is 11.4 Å². The van der Waals surface area contributed by atoms with Crippen LogP contribution in [0.1, 0.15) is 0 Å². The molecule has 2 rings (SSSR count). The lowest BCUT2D eigenvalue weighted by Crippen LogP contribution is -1.99. The fraction of sp³-hybridized carbons (Fsp3) is 0. The van der Waals surface area contributed by atoms with Gasteiger partial charge in [-0.2, -0.15) is 0 Å². The third-order valence-corrected chi connectivity index (χ3v) is 2.11. The van der Waals surface area contributed by atoms with Gasteiger partial charge in [-0.3, -0.25) is 10.1 Å². The summed E-state index contributed by atoms with van der Waals surface area (Å²) in [6, 6.07) is 5.99. The first kappa shape index (κ1) is 10.9. The van der Waals surface area contributed by atoms with Crippen molar-refractivity contribution in [3.8, 4) is 0 Å². The molecule has 1 aliphatic heterocycles. The van der Waals surface area contributed by atoms with Crippen LogP contribution in [0.2, 0.25) is 0 Å². The van der Waals surface area contributed by atoms with Gasteiger partial charge in [0.2, 0.25) is 0 Å². The molecule has 1 aliphatic rings. The molecule has 0 radical (unpaired) electrons. The summed E-state index contributed by atoms with van der Waals surface area (Å²) in [5.74, 6) is -0.456. The van der Waals surface area contributed by atoms with Crippen LogP contribution in [0.5, 0.6) is 0 Å². The van der Waals surface area contributed by atoms with Gasteiger partial charge in [0.1, 0.15) is 0 Å². The van der Waals surface area contributed by atoms with E-state index in [1.165, 1.54) is 30.7 Å². The highest BCUT2D eigenvalue weighted by Gasteiger charge is 2.12. The molecule has 1 aromatic carbocycles. The topological polar surface area (TPSA) is 81.5 Å². The Hall–Kier alpha value is -2.63. The van der Waals surface area contributed by atoms with Crippen LogP contribution in [0.25, 0.3) is 0 Å². The molecule has 0 fully saturated rings. The first-order valence-electron chi connectivity index (χ1n) is 4.75. The summed E-state index contributed by atoms with van der Waals surface area (Å²) in [6.45, 7) is 0. The third-order valence-electron chi connectivity index (χ3n) is 2.11. The lowest BCUT2D eigenvalue weighted by molar-refractivity contribution is -0.384. The van der Waals surface area contributed by atoms with Gasteiger partial charge in [0.25, 0.3) is 5.69 Å². The van der Waals surface area contributed by atoms with E-state index in [-0.39, 0.29) is 5.69 Å². The minimum Gasteiger partial charge on any atom is -0.431 e. The second kappa shape index (κ2) is 4.48. The Bertz CT molecular complexity index is 534. The molecule has 0 aromatic heterocycles. The van der Waals surface area contributed by atoms with Crippen LogP contribution in [-0.4, -0.2) is 10.9 Å². The molecule has 0 saturated carbocycles. The Labute approximate surface area is 96.3 Å². The molecule has 1 heterocycles. The second-order valence-corrected chi connectivity index (χ2v) is 3.26. The summed E-state index contributed by atoms with van der Waals surface area (Å²) in [6.07, 6.45) is 4.22. The van der Waals surface area contributed by atoms with E-state index in [9.17, 15) is 14.9 Å². The summed E-state index contributed by atoms with van der Waals surface area (Å²) >= 11 is 0. The number of hydrogen-bond donors (Lipinski definition) is 1. The predicted molar refractivity (Wildman–Crippen MR) is 60.0 cm³/mol. The summed E-state index contributed by atoms with van der Waals surface area (Å²) in [5, 5.41) is 13.3. The quantitative estimate of drug-likeness (QED) is 0.373. The van der Waals surface area contributed by atoms with Gasteiger partial charge >= 0.3 is 5.97 Å². The van der Waals surface area contributed by atoms with Crippen LogP contribution in [-0.2, 0) is 9.53 Å². The van der Waals surface area contributed by atoms with Gasteiger partial charge in [-0.05, 0) is 12.1 Å². The molecular formula is C11H8N2O4.